The van der Waals surface area contributed by atoms with Crippen LogP contribution in [0.4, 0.5) is 0 Å². The summed E-state index contributed by atoms with van der Waals surface area (Å²) < 4.78 is 8.85. The zero-order valence-electron chi connectivity index (χ0n) is 8.52. The Morgan fingerprint density at radius 2 is 2.27 bits per heavy atom. The van der Waals surface area contributed by atoms with Crippen LogP contribution in [-0.4, -0.2) is 28.0 Å². The number of hydrogen-bond acceptors (Lipinski definition) is 5. The summed E-state index contributed by atoms with van der Waals surface area (Å²) in [7, 11) is 1.51. The third kappa shape index (κ3) is 1.89. The summed E-state index contributed by atoms with van der Waals surface area (Å²) in [5, 5.41) is 10.1. The van der Waals surface area contributed by atoms with Crippen molar-refractivity contribution in [2.45, 2.75) is 31.3 Å². The molecular weight excluding hydrogens is 214 g/mol. The van der Waals surface area contributed by atoms with Crippen LogP contribution in [0.25, 0.3) is 0 Å². The van der Waals surface area contributed by atoms with E-state index < -0.39 is 5.60 Å². The molecule has 0 aromatic carbocycles. The van der Waals surface area contributed by atoms with Gasteiger partial charge in [-0.25, -0.2) is 0 Å². The number of rotatable bonds is 3. The lowest BCUT2D eigenvalue weighted by molar-refractivity contribution is 0.0357. The fraction of sp³-hybridized carbons (Fsp3) is 0.600. The van der Waals surface area contributed by atoms with Crippen LogP contribution in [0.15, 0.2) is 6.07 Å². The van der Waals surface area contributed by atoms with Crippen LogP contribution in [0.3, 0.4) is 0 Å². The number of carbonyl (C=O) groups excluding carboxylic acids is 1. The first-order chi connectivity index (χ1) is 7.15. The van der Waals surface area contributed by atoms with Gasteiger partial charge in [-0.1, -0.05) is 0 Å². The number of aliphatic hydroxyl groups is 1. The van der Waals surface area contributed by atoms with E-state index in [0.29, 0.717) is 23.6 Å². The zero-order valence-corrected chi connectivity index (χ0v) is 9.34. The van der Waals surface area contributed by atoms with Gasteiger partial charge in [-0.15, -0.1) is 0 Å². The Morgan fingerprint density at radius 3 is 2.80 bits per heavy atom. The van der Waals surface area contributed by atoms with E-state index in [2.05, 4.69) is 4.37 Å². The van der Waals surface area contributed by atoms with Gasteiger partial charge < -0.3 is 9.84 Å². The fourth-order valence-corrected chi connectivity index (χ4v) is 2.62. The number of methoxy groups -OCH3 is 1. The molecule has 82 valence electrons. The molecule has 0 spiro atoms. The fourth-order valence-electron chi connectivity index (χ4n) is 1.88. The summed E-state index contributed by atoms with van der Waals surface area (Å²) in [5.41, 5.74) is -1.16. The Hall–Kier alpha value is -0.940. The van der Waals surface area contributed by atoms with Gasteiger partial charge in [0.1, 0.15) is 5.60 Å². The maximum Gasteiger partial charge on any atom is 0.225 e. The molecule has 1 saturated carbocycles. The Balaban J connectivity index is 2.19. The zero-order chi connectivity index (χ0) is 10.9. The predicted octanol–water partition coefficient (Wildman–Crippen LogP) is 1.64. The number of hydrogen-bond donors (Lipinski definition) is 1. The first-order valence-corrected chi connectivity index (χ1v) is 5.71. The molecule has 1 fully saturated rings. The van der Waals surface area contributed by atoms with Crippen molar-refractivity contribution in [1.82, 2.24) is 4.37 Å². The minimum absolute atomic E-state index is 0.208. The van der Waals surface area contributed by atoms with Crippen molar-refractivity contribution in [3.8, 4) is 5.88 Å². The molecule has 1 aromatic rings. The number of Topliss-reactive ketones (excluding diaryl/α,β-unsaturated/α-hetero) is 1. The van der Waals surface area contributed by atoms with Crippen LogP contribution in [0.5, 0.6) is 5.88 Å². The second-order valence-electron chi connectivity index (χ2n) is 3.80. The second kappa shape index (κ2) is 3.90. The van der Waals surface area contributed by atoms with Crippen LogP contribution in [0.1, 0.15) is 35.4 Å². The van der Waals surface area contributed by atoms with Crippen LogP contribution < -0.4 is 4.74 Å². The van der Waals surface area contributed by atoms with Gasteiger partial charge in [-0.05, 0) is 37.2 Å². The third-order valence-electron chi connectivity index (χ3n) is 2.77. The monoisotopic (exact) mass is 227 g/mol. The molecule has 0 saturated heterocycles. The molecule has 1 N–H and O–H groups in total. The summed E-state index contributed by atoms with van der Waals surface area (Å²) in [6, 6.07) is 1.59. The maximum atomic E-state index is 12.0. The first-order valence-electron chi connectivity index (χ1n) is 4.93. The molecule has 2 rings (SSSR count). The molecule has 5 heteroatoms. The van der Waals surface area contributed by atoms with Crippen LogP contribution in [-0.2, 0) is 0 Å². The molecule has 0 amide bonds. The van der Waals surface area contributed by atoms with Gasteiger partial charge >= 0.3 is 0 Å². The standard InChI is InChI=1S/C10H13NO3S/c1-14-8-6-7(15-11-8)9(12)10(13)4-2-3-5-10/h6,13H,2-5H2,1H3. The predicted molar refractivity (Wildman–Crippen MR) is 56.4 cm³/mol. The smallest absolute Gasteiger partial charge is 0.225 e. The minimum Gasteiger partial charge on any atom is -0.480 e. The average Bonchev–Trinajstić information content (AvgIpc) is 2.85. The van der Waals surface area contributed by atoms with E-state index >= 15 is 0 Å². The second-order valence-corrected chi connectivity index (χ2v) is 4.61. The van der Waals surface area contributed by atoms with E-state index in [4.69, 9.17) is 4.74 Å². The SMILES string of the molecule is COc1cc(C(=O)C2(O)CCCC2)sn1. The van der Waals surface area contributed by atoms with Crippen LogP contribution >= 0.6 is 11.5 Å². The molecule has 15 heavy (non-hydrogen) atoms. The highest BCUT2D eigenvalue weighted by molar-refractivity contribution is 7.08. The molecular formula is C10H13NO3S. The topological polar surface area (TPSA) is 59.4 Å². The Kier molecular flexibility index (Phi) is 2.75. The van der Waals surface area contributed by atoms with Crippen molar-refractivity contribution < 1.29 is 14.6 Å². The van der Waals surface area contributed by atoms with Crippen molar-refractivity contribution in [3.05, 3.63) is 10.9 Å². The van der Waals surface area contributed by atoms with E-state index in [1.807, 2.05) is 0 Å². The van der Waals surface area contributed by atoms with Crippen molar-refractivity contribution >= 4 is 17.3 Å². The van der Waals surface area contributed by atoms with E-state index in [-0.39, 0.29) is 5.78 Å². The lowest BCUT2D eigenvalue weighted by Gasteiger charge is -2.18. The molecule has 1 heterocycles. The van der Waals surface area contributed by atoms with Gasteiger partial charge in [0, 0.05) is 6.07 Å². The van der Waals surface area contributed by atoms with Gasteiger partial charge in [-0.2, -0.15) is 4.37 Å². The summed E-state index contributed by atoms with van der Waals surface area (Å²) in [6.07, 6.45) is 2.95. The van der Waals surface area contributed by atoms with E-state index in [0.717, 1.165) is 24.4 Å². The lowest BCUT2D eigenvalue weighted by atomic mass is 9.96. The molecule has 1 aromatic heterocycles. The van der Waals surface area contributed by atoms with Gasteiger partial charge in [0.05, 0.1) is 12.0 Å². The first kappa shape index (κ1) is 10.6. The number of ether oxygens (including phenoxy) is 1. The van der Waals surface area contributed by atoms with E-state index in [9.17, 15) is 9.90 Å². The third-order valence-corrected chi connectivity index (χ3v) is 3.55. The number of aromatic nitrogens is 1. The Labute approximate surface area is 92.1 Å². The molecule has 0 atom stereocenters. The minimum atomic E-state index is -1.16. The summed E-state index contributed by atoms with van der Waals surface area (Å²) in [5.74, 6) is 0.228. The van der Waals surface area contributed by atoms with Gasteiger partial charge in [-0.3, -0.25) is 4.79 Å². The maximum absolute atomic E-state index is 12.0. The van der Waals surface area contributed by atoms with Gasteiger partial charge in [0.2, 0.25) is 11.7 Å². The molecule has 1 aliphatic rings. The molecule has 4 nitrogen and oxygen atoms in total. The normalized spacial score (nSPS) is 19.1. The van der Waals surface area contributed by atoms with Gasteiger partial charge in [0.25, 0.3) is 0 Å². The molecule has 0 radical (unpaired) electrons. The van der Waals surface area contributed by atoms with Crippen molar-refractivity contribution in [1.29, 1.82) is 0 Å². The molecule has 0 bridgehead atoms. The Bertz CT molecular complexity index is 368. The highest BCUT2D eigenvalue weighted by atomic mass is 32.1. The highest BCUT2D eigenvalue weighted by Gasteiger charge is 2.40. The largest absolute Gasteiger partial charge is 0.480 e. The van der Waals surface area contributed by atoms with Crippen LogP contribution in [0.2, 0.25) is 0 Å². The van der Waals surface area contributed by atoms with E-state index in [1.54, 1.807) is 6.07 Å². The Morgan fingerprint density at radius 1 is 1.60 bits per heavy atom. The van der Waals surface area contributed by atoms with Crippen molar-refractivity contribution in [2.24, 2.45) is 0 Å². The van der Waals surface area contributed by atoms with Crippen molar-refractivity contribution in [2.75, 3.05) is 7.11 Å². The highest BCUT2D eigenvalue weighted by Crippen LogP contribution is 2.34. The number of nitrogens with zero attached hydrogens (tertiary/aromatic N) is 1. The summed E-state index contributed by atoms with van der Waals surface area (Å²) >= 11 is 1.08. The molecule has 0 unspecified atom stereocenters. The lowest BCUT2D eigenvalue weighted by Crippen LogP contribution is -2.34. The summed E-state index contributed by atoms with van der Waals surface area (Å²) in [6.45, 7) is 0. The number of ketones is 1. The summed E-state index contributed by atoms with van der Waals surface area (Å²) in [4.78, 5) is 12.4. The molecule has 1 aliphatic carbocycles. The molecule has 0 aliphatic heterocycles. The number of carbonyl (C=O) groups is 1. The average molecular weight is 227 g/mol. The van der Waals surface area contributed by atoms with Crippen LogP contribution in [0, 0.1) is 0 Å². The van der Waals surface area contributed by atoms with E-state index in [1.165, 1.54) is 7.11 Å². The quantitative estimate of drug-likeness (QED) is 0.797. The van der Waals surface area contributed by atoms with Crippen molar-refractivity contribution in [3.63, 3.8) is 0 Å². The van der Waals surface area contributed by atoms with Gasteiger partial charge in [0.15, 0.2) is 0 Å².